The molecule has 3 rings (SSSR count). The Labute approximate surface area is 131 Å². The Morgan fingerprint density at radius 1 is 1.23 bits per heavy atom. The van der Waals surface area contributed by atoms with Crippen LogP contribution in [0.1, 0.15) is 59.9 Å². The molecule has 1 heterocycles. The number of aromatic nitrogens is 2. The lowest BCUT2D eigenvalue weighted by atomic mass is 9.91. The Morgan fingerprint density at radius 2 is 1.95 bits per heavy atom. The molecule has 0 saturated heterocycles. The summed E-state index contributed by atoms with van der Waals surface area (Å²) in [7, 11) is 1.67. The van der Waals surface area contributed by atoms with Crippen LogP contribution in [0.5, 0.6) is 5.75 Å². The molecule has 0 atom stereocenters. The van der Waals surface area contributed by atoms with Crippen molar-refractivity contribution < 1.29 is 9.53 Å². The minimum Gasteiger partial charge on any atom is -0.497 e. The Kier molecular flexibility index (Phi) is 4.01. The van der Waals surface area contributed by atoms with Gasteiger partial charge in [0.15, 0.2) is 5.78 Å². The summed E-state index contributed by atoms with van der Waals surface area (Å²) in [5.41, 5.74) is 4.11. The number of hydrogen-bond acceptors (Lipinski definition) is 3. The van der Waals surface area contributed by atoms with Crippen LogP contribution in [0.3, 0.4) is 0 Å². The zero-order chi connectivity index (χ0) is 15.7. The maximum absolute atomic E-state index is 12.3. The fourth-order valence-corrected chi connectivity index (χ4v) is 3.06. The Hall–Kier alpha value is -2.10. The van der Waals surface area contributed by atoms with Crippen molar-refractivity contribution in [2.75, 3.05) is 7.11 Å². The lowest BCUT2D eigenvalue weighted by Crippen LogP contribution is -2.14. The van der Waals surface area contributed by atoms with Crippen molar-refractivity contribution in [3.8, 4) is 5.75 Å². The highest BCUT2D eigenvalue weighted by atomic mass is 16.5. The molecule has 0 radical (unpaired) electrons. The highest BCUT2D eigenvalue weighted by Crippen LogP contribution is 2.29. The molecule has 0 aliphatic heterocycles. The summed E-state index contributed by atoms with van der Waals surface area (Å²) in [6.45, 7) is 4.90. The first-order valence-corrected chi connectivity index (χ1v) is 7.86. The fourth-order valence-electron chi connectivity index (χ4n) is 3.06. The number of benzene rings is 1. The van der Waals surface area contributed by atoms with Gasteiger partial charge in [0.25, 0.3) is 0 Å². The van der Waals surface area contributed by atoms with Crippen molar-refractivity contribution in [3.05, 3.63) is 46.8 Å². The molecule has 1 aliphatic rings. The van der Waals surface area contributed by atoms with Gasteiger partial charge >= 0.3 is 0 Å². The van der Waals surface area contributed by atoms with Crippen molar-refractivity contribution in [1.82, 2.24) is 9.78 Å². The standard InChI is InChI=1S/C18H22N2O2/c1-12(2)18-17-15(5-4-6-16(17)21)20(19-18)11-13-7-9-14(22-3)10-8-13/h7-10,12H,4-6,11H2,1-3H3. The van der Waals surface area contributed by atoms with E-state index in [1.165, 1.54) is 5.56 Å². The van der Waals surface area contributed by atoms with E-state index in [4.69, 9.17) is 9.84 Å². The van der Waals surface area contributed by atoms with Gasteiger partial charge in [0.05, 0.1) is 24.9 Å². The first kappa shape index (κ1) is 14.8. The first-order chi connectivity index (χ1) is 10.6. The summed E-state index contributed by atoms with van der Waals surface area (Å²) in [4.78, 5) is 12.3. The van der Waals surface area contributed by atoms with E-state index in [1.807, 2.05) is 28.9 Å². The summed E-state index contributed by atoms with van der Waals surface area (Å²) >= 11 is 0. The number of nitrogens with zero attached hydrogens (tertiary/aromatic N) is 2. The van der Waals surface area contributed by atoms with E-state index < -0.39 is 0 Å². The molecule has 0 bridgehead atoms. The van der Waals surface area contributed by atoms with Gasteiger partial charge in [-0.25, -0.2) is 0 Å². The van der Waals surface area contributed by atoms with Gasteiger partial charge in [-0.15, -0.1) is 0 Å². The lowest BCUT2D eigenvalue weighted by Gasteiger charge is -2.14. The third kappa shape index (κ3) is 2.65. The summed E-state index contributed by atoms with van der Waals surface area (Å²) in [5, 5.41) is 4.74. The number of Topliss-reactive ketones (excluding diaryl/α,β-unsaturated/α-hetero) is 1. The van der Waals surface area contributed by atoms with Crippen molar-refractivity contribution in [3.63, 3.8) is 0 Å². The SMILES string of the molecule is COc1ccc(Cn2nc(C(C)C)c3c2CCCC3=O)cc1. The van der Waals surface area contributed by atoms with Gasteiger partial charge in [-0.1, -0.05) is 26.0 Å². The largest absolute Gasteiger partial charge is 0.497 e. The van der Waals surface area contributed by atoms with Gasteiger partial charge in [-0.3, -0.25) is 9.48 Å². The average molecular weight is 298 g/mol. The molecule has 0 spiro atoms. The molecule has 2 aromatic rings. The van der Waals surface area contributed by atoms with Crippen molar-refractivity contribution >= 4 is 5.78 Å². The number of ether oxygens (including phenoxy) is 1. The molecular formula is C18H22N2O2. The molecule has 0 amide bonds. The Balaban J connectivity index is 1.96. The minimum atomic E-state index is 0.255. The van der Waals surface area contributed by atoms with Crippen LogP contribution in [0.4, 0.5) is 0 Å². The van der Waals surface area contributed by atoms with E-state index in [9.17, 15) is 4.79 Å². The number of ketones is 1. The van der Waals surface area contributed by atoms with Gasteiger partial charge in [0.1, 0.15) is 5.75 Å². The summed E-state index contributed by atoms with van der Waals surface area (Å²) in [6, 6.07) is 8.01. The second-order valence-electron chi connectivity index (χ2n) is 6.14. The van der Waals surface area contributed by atoms with Crippen LogP contribution in [-0.4, -0.2) is 22.7 Å². The summed E-state index contributed by atoms with van der Waals surface area (Å²) in [6.07, 6.45) is 2.52. The van der Waals surface area contributed by atoms with Crippen molar-refractivity contribution in [2.24, 2.45) is 0 Å². The van der Waals surface area contributed by atoms with E-state index >= 15 is 0 Å². The molecule has 4 nitrogen and oxygen atoms in total. The van der Waals surface area contributed by atoms with Crippen LogP contribution in [0.15, 0.2) is 24.3 Å². The number of methoxy groups -OCH3 is 1. The average Bonchev–Trinajstić information content (AvgIpc) is 2.89. The second-order valence-corrected chi connectivity index (χ2v) is 6.14. The number of hydrogen-bond donors (Lipinski definition) is 0. The number of carbonyl (C=O) groups is 1. The summed E-state index contributed by atoms with van der Waals surface area (Å²) < 4.78 is 7.21. The van der Waals surface area contributed by atoms with Crippen LogP contribution < -0.4 is 4.74 Å². The molecule has 0 fully saturated rings. The van der Waals surface area contributed by atoms with E-state index in [0.29, 0.717) is 13.0 Å². The molecule has 4 heteroatoms. The fraction of sp³-hybridized carbons (Fsp3) is 0.444. The van der Waals surface area contributed by atoms with Gasteiger partial charge in [-0.05, 0) is 36.5 Å². The molecule has 22 heavy (non-hydrogen) atoms. The van der Waals surface area contributed by atoms with Gasteiger partial charge in [-0.2, -0.15) is 5.10 Å². The molecule has 1 aliphatic carbocycles. The second kappa shape index (κ2) is 5.95. The highest BCUT2D eigenvalue weighted by molar-refractivity contribution is 5.99. The quantitative estimate of drug-likeness (QED) is 0.866. The number of rotatable bonds is 4. The zero-order valence-electron chi connectivity index (χ0n) is 13.4. The molecule has 116 valence electrons. The maximum atomic E-state index is 12.3. The monoisotopic (exact) mass is 298 g/mol. The van der Waals surface area contributed by atoms with Crippen molar-refractivity contribution in [2.45, 2.75) is 45.6 Å². The molecule has 0 unspecified atom stereocenters. The minimum absolute atomic E-state index is 0.255. The maximum Gasteiger partial charge on any atom is 0.166 e. The predicted molar refractivity (Wildman–Crippen MR) is 85.7 cm³/mol. The lowest BCUT2D eigenvalue weighted by molar-refractivity contribution is 0.0970. The smallest absolute Gasteiger partial charge is 0.166 e. The van der Waals surface area contributed by atoms with Crippen LogP contribution in [0.25, 0.3) is 0 Å². The van der Waals surface area contributed by atoms with Crippen LogP contribution in [0, 0.1) is 0 Å². The molecule has 0 N–H and O–H groups in total. The van der Waals surface area contributed by atoms with Gasteiger partial charge in [0.2, 0.25) is 0 Å². The first-order valence-electron chi connectivity index (χ1n) is 7.86. The Morgan fingerprint density at radius 3 is 2.59 bits per heavy atom. The van der Waals surface area contributed by atoms with E-state index in [-0.39, 0.29) is 11.7 Å². The zero-order valence-corrected chi connectivity index (χ0v) is 13.4. The Bertz CT molecular complexity index is 684. The highest BCUT2D eigenvalue weighted by Gasteiger charge is 2.27. The number of carbonyl (C=O) groups excluding carboxylic acids is 1. The predicted octanol–water partition coefficient (Wildman–Crippen LogP) is 3.58. The van der Waals surface area contributed by atoms with Gasteiger partial charge in [0, 0.05) is 12.1 Å². The third-order valence-corrected chi connectivity index (χ3v) is 4.22. The normalized spacial score (nSPS) is 14.3. The summed E-state index contributed by atoms with van der Waals surface area (Å²) in [5.74, 6) is 1.38. The number of fused-ring (bicyclic) bond motifs is 1. The van der Waals surface area contributed by atoms with Crippen molar-refractivity contribution in [1.29, 1.82) is 0 Å². The molecule has 1 aromatic carbocycles. The van der Waals surface area contributed by atoms with Crippen LogP contribution >= 0.6 is 0 Å². The van der Waals surface area contributed by atoms with E-state index in [2.05, 4.69) is 13.8 Å². The third-order valence-electron chi connectivity index (χ3n) is 4.22. The van der Waals surface area contributed by atoms with E-state index in [0.717, 1.165) is 35.5 Å². The topological polar surface area (TPSA) is 44.1 Å². The molecule has 1 aromatic heterocycles. The van der Waals surface area contributed by atoms with Crippen LogP contribution in [0.2, 0.25) is 0 Å². The van der Waals surface area contributed by atoms with E-state index in [1.54, 1.807) is 7.11 Å². The van der Waals surface area contributed by atoms with Crippen LogP contribution in [-0.2, 0) is 13.0 Å². The molecular weight excluding hydrogens is 276 g/mol. The van der Waals surface area contributed by atoms with Gasteiger partial charge < -0.3 is 4.74 Å². The molecule has 0 saturated carbocycles.